The first-order chi connectivity index (χ1) is 9.17. The second-order valence-electron chi connectivity index (χ2n) is 5.69. The molecule has 0 nitrogen and oxygen atoms in total. The maximum Gasteiger partial charge on any atom is 0.0549 e. The Hall–Kier alpha value is -1.39. The third kappa shape index (κ3) is 2.51. The van der Waals surface area contributed by atoms with Crippen molar-refractivity contribution in [3.8, 4) is 0 Å². The van der Waals surface area contributed by atoms with Gasteiger partial charge < -0.3 is 0 Å². The third-order valence-electron chi connectivity index (χ3n) is 3.80. The molecule has 0 aromatic heterocycles. The van der Waals surface area contributed by atoms with Gasteiger partial charge in [-0.25, -0.2) is 6.08 Å². The first-order valence-electron chi connectivity index (χ1n) is 6.74. The Morgan fingerprint density at radius 1 is 0.895 bits per heavy atom. The van der Waals surface area contributed by atoms with Crippen LogP contribution in [0.25, 0.3) is 5.31 Å². The van der Waals surface area contributed by atoms with Crippen LogP contribution in [0.4, 0.5) is 0 Å². The minimum absolute atomic E-state index is 0.472. The normalized spacial score (nSPS) is 21.2. The molecule has 1 aliphatic heterocycles. The third-order valence-corrected chi connectivity index (χ3v) is 6.68. The summed E-state index contributed by atoms with van der Waals surface area (Å²) in [5.41, 5.74) is 2.76. The van der Waals surface area contributed by atoms with E-state index in [1.807, 2.05) is 0 Å². The lowest BCUT2D eigenvalue weighted by atomic mass is 10.00. The fraction of sp³-hybridized carbons (Fsp3) is 0.222. The topological polar surface area (TPSA) is 0 Å². The Kier molecular flexibility index (Phi) is 3.29. The molecule has 2 aromatic rings. The second kappa shape index (κ2) is 4.94. The van der Waals surface area contributed by atoms with Gasteiger partial charge in [0.05, 0.1) is 19.5 Å². The Labute approximate surface area is 116 Å². The van der Waals surface area contributed by atoms with Crippen LogP contribution in [0.2, 0.25) is 0 Å². The van der Waals surface area contributed by atoms with Crippen LogP contribution in [-0.2, 0) is 0 Å². The molecule has 0 fully saturated rings. The number of rotatable bonds is 2. The molecule has 0 aliphatic carbocycles. The SMILES string of the molecule is C[P+]1(C)CC(c2ccccc2)[C-]=C1c1ccccc1. The molecule has 1 unspecified atom stereocenters. The summed E-state index contributed by atoms with van der Waals surface area (Å²) in [4.78, 5) is 0. The lowest BCUT2D eigenvalue weighted by Gasteiger charge is -2.23. The first-order valence-corrected chi connectivity index (χ1v) is 9.61. The van der Waals surface area contributed by atoms with Crippen LogP contribution in [0.5, 0.6) is 0 Å². The molecular formula is C18H19P. The fourth-order valence-electron chi connectivity index (χ4n) is 2.84. The predicted octanol–water partition coefficient (Wildman–Crippen LogP) is 4.91. The zero-order valence-corrected chi connectivity index (χ0v) is 12.4. The van der Waals surface area contributed by atoms with Gasteiger partial charge in [0, 0.05) is 7.26 Å². The Bertz CT molecular complexity index is 582. The Morgan fingerprint density at radius 2 is 1.47 bits per heavy atom. The molecule has 0 saturated heterocycles. The van der Waals surface area contributed by atoms with Crippen LogP contribution in [0.15, 0.2) is 60.7 Å². The molecule has 0 saturated carbocycles. The molecule has 1 heteroatoms. The summed E-state index contributed by atoms with van der Waals surface area (Å²) in [7, 11) is -1.04. The van der Waals surface area contributed by atoms with E-state index in [2.05, 4.69) is 80.1 Å². The van der Waals surface area contributed by atoms with Gasteiger partial charge in [0.15, 0.2) is 0 Å². The molecule has 0 N–H and O–H groups in total. The van der Waals surface area contributed by atoms with E-state index >= 15 is 0 Å². The largest absolute Gasteiger partial charge is 0.218 e. The van der Waals surface area contributed by atoms with Crippen molar-refractivity contribution in [2.24, 2.45) is 0 Å². The van der Waals surface area contributed by atoms with Crippen LogP contribution in [0.1, 0.15) is 17.0 Å². The molecule has 2 aromatic carbocycles. The second-order valence-corrected chi connectivity index (χ2v) is 9.87. The van der Waals surface area contributed by atoms with Gasteiger partial charge in [0.25, 0.3) is 0 Å². The molecule has 0 radical (unpaired) electrons. The minimum atomic E-state index is -1.04. The Morgan fingerprint density at radius 3 is 2.11 bits per heavy atom. The maximum absolute atomic E-state index is 3.78. The number of allylic oxidation sites excluding steroid dienone is 1. The summed E-state index contributed by atoms with van der Waals surface area (Å²) in [5, 5.41) is 1.47. The van der Waals surface area contributed by atoms with Crippen molar-refractivity contribution in [1.29, 1.82) is 0 Å². The quantitative estimate of drug-likeness (QED) is 0.535. The van der Waals surface area contributed by atoms with Crippen molar-refractivity contribution in [3.63, 3.8) is 0 Å². The van der Waals surface area contributed by atoms with Gasteiger partial charge >= 0.3 is 0 Å². The molecule has 1 aliphatic rings. The first kappa shape index (κ1) is 12.6. The molecule has 96 valence electrons. The maximum atomic E-state index is 3.78. The molecule has 1 heterocycles. The smallest absolute Gasteiger partial charge is 0.0549 e. The van der Waals surface area contributed by atoms with Crippen LogP contribution >= 0.6 is 7.26 Å². The van der Waals surface area contributed by atoms with Gasteiger partial charge in [-0.2, -0.15) is 0 Å². The minimum Gasteiger partial charge on any atom is -0.218 e. The van der Waals surface area contributed by atoms with Crippen molar-refractivity contribution in [2.45, 2.75) is 5.92 Å². The summed E-state index contributed by atoms with van der Waals surface area (Å²) < 4.78 is 0. The average molecular weight is 266 g/mol. The highest BCUT2D eigenvalue weighted by Crippen LogP contribution is 2.69. The van der Waals surface area contributed by atoms with Gasteiger partial charge in [-0.3, -0.25) is 0 Å². The summed E-state index contributed by atoms with van der Waals surface area (Å²) in [5.74, 6) is 0.472. The number of hydrogen-bond acceptors (Lipinski definition) is 0. The van der Waals surface area contributed by atoms with E-state index in [0.29, 0.717) is 5.92 Å². The van der Waals surface area contributed by atoms with Crippen LogP contribution in [0, 0.1) is 6.08 Å². The van der Waals surface area contributed by atoms with Gasteiger partial charge in [-0.05, 0) is 5.92 Å². The van der Waals surface area contributed by atoms with Crippen LogP contribution in [-0.4, -0.2) is 19.5 Å². The van der Waals surface area contributed by atoms with Gasteiger partial charge in [-0.1, -0.05) is 59.4 Å². The molecule has 0 spiro atoms. The molecule has 0 bridgehead atoms. The van der Waals surface area contributed by atoms with E-state index in [4.69, 9.17) is 0 Å². The van der Waals surface area contributed by atoms with Crippen molar-refractivity contribution in [3.05, 3.63) is 77.9 Å². The van der Waals surface area contributed by atoms with E-state index in [1.54, 1.807) is 0 Å². The Balaban J connectivity index is 1.99. The van der Waals surface area contributed by atoms with Crippen molar-refractivity contribution >= 4 is 12.6 Å². The molecule has 3 rings (SSSR count). The zero-order chi connectivity index (χ0) is 13.3. The molecule has 0 amide bonds. The van der Waals surface area contributed by atoms with Gasteiger partial charge in [0.1, 0.15) is 0 Å². The molecule has 1 atom stereocenters. The monoisotopic (exact) mass is 266 g/mol. The van der Waals surface area contributed by atoms with Crippen molar-refractivity contribution in [2.75, 3.05) is 19.5 Å². The highest BCUT2D eigenvalue weighted by atomic mass is 31.2. The lowest BCUT2D eigenvalue weighted by molar-refractivity contribution is 0.967. The fourth-order valence-corrected chi connectivity index (χ4v) is 5.59. The summed E-state index contributed by atoms with van der Waals surface area (Å²) in [6, 6.07) is 21.6. The number of hydrogen-bond donors (Lipinski definition) is 0. The summed E-state index contributed by atoms with van der Waals surface area (Å²) in [6.45, 7) is 4.87. The summed E-state index contributed by atoms with van der Waals surface area (Å²) >= 11 is 0. The lowest BCUT2D eigenvalue weighted by Crippen LogP contribution is -1.99. The van der Waals surface area contributed by atoms with Crippen molar-refractivity contribution < 1.29 is 0 Å². The highest BCUT2D eigenvalue weighted by Gasteiger charge is 2.34. The molecular weight excluding hydrogens is 247 g/mol. The van der Waals surface area contributed by atoms with Crippen LogP contribution in [0.3, 0.4) is 0 Å². The molecule has 19 heavy (non-hydrogen) atoms. The van der Waals surface area contributed by atoms with E-state index in [-0.39, 0.29) is 0 Å². The highest BCUT2D eigenvalue weighted by molar-refractivity contribution is 7.84. The summed E-state index contributed by atoms with van der Waals surface area (Å²) in [6.07, 6.45) is 5.03. The van der Waals surface area contributed by atoms with E-state index in [1.165, 1.54) is 22.6 Å². The van der Waals surface area contributed by atoms with Crippen LogP contribution < -0.4 is 0 Å². The number of benzene rings is 2. The van der Waals surface area contributed by atoms with E-state index in [0.717, 1.165) is 0 Å². The van der Waals surface area contributed by atoms with Crippen molar-refractivity contribution in [1.82, 2.24) is 0 Å². The predicted molar refractivity (Wildman–Crippen MR) is 85.9 cm³/mol. The zero-order valence-electron chi connectivity index (χ0n) is 11.5. The van der Waals surface area contributed by atoms with E-state index in [9.17, 15) is 0 Å². The van der Waals surface area contributed by atoms with Gasteiger partial charge in [0.2, 0.25) is 0 Å². The van der Waals surface area contributed by atoms with E-state index < -0.39 is 7.26 Å². The standard InChI is InChI=1S/C18H19P/c1-19(2)14-17(15-9-5-3-6-10-15)13-18(19)16-11-7-4-8-12-16/h3-12,17H,14H2,1-2H3. The van der Waals surface area contributed by atoms with Gasteiger partial charge in [-0.15, -0.1) is 17.7 Å². The average Bonchev–Trinajstić information content (AvgIpc) is 2.77.